The average Bonchev–Trinajstić information content (AvgIpc) is 2.51. The quantitative estimate of drug-likeness (QED) is 0.0839. The molecule has 14 heterocycles. The number of pyridine rings is 6. The van der Waals surface area contributed by atoms with Crippen molar-refractivity contribution < 1.29 is 14.2 Å². The molecule has 492 valence electrons. The fourth-order valence-corrected chi connectivity index (χ4v) is 13.0. The summed E-state index contributed by atoms with van der Waals surface area (Å²) in [5.74, 6) is 0.292. The van der Waals surface area contributed by atoms with E-state index in [0.29, 0.717) is 5.92 Å². The summed E-state index contributed by atoms with van der Waals surface area (Å²) < 4.78 is 16.7. The van der Waals surface area contributed by atoms with E-state index < -0.39 is 0 Å². The van der Waals surface area contributed by atoms with Crippen molar-refractivity contribution >= 4 is 68.2 Å². The molecule has 6 aromatic rings. The van der Waals surface area contributed by atoms with Crippen LogP contribution < -0.4 is 63.8 Å². The molecule has 23 heteroatoms. The van der Waals surface area contributed by atoms with E-state index in [0.717, 1.165) is 225 Å². The maximum Gasteiger partial charge on any atom is 0.171 e. The first-order valence-electron chi connectivity index (χ1n) is 33.1. The Morgan fingerprint density at radius 1 is 0.374 bits per heavy atom. The highest BCUT2D eigenvalue weighted by Crippen LogP contribution is 2.36. The Bertz CT molecular complexity index is 3020. The second-order valence-corrected chi connectivity index (χ2v) is 24.5. The Hall–Kier alpha value is -8.12. The van der Waals surface area contributed by atoms with E-state index in [4.69, 9.17) is 48.6 Å². The second kappa shape index (κ2) is 34.9. The van der Waals surface area contributed by atoms with Crippen molar-refractivity contribution in [1.29, 1.82) is 0 Å². The van der Waals surface area contributed by atoms with Gasteiger partial charge in [0.25, 0.3) is 0 Å². The van der Waals surface area contributed by atoms with Crippen LogP contribution in [0.25, 0.3) is 0 Å². The molecule has 14 rings (SSSR count). The summed E-state index contributed by atoms with van der Waals surface area (Å²) >= 11 is 0. The van der Waals surface area contributed by atoms with Crippen molar-refractivity contribution in [3.63, 3.8) is 0 Å². The van der Waals surface area contributed by atoms with Crippen LogP contribution >= 0.6 is 0 Å². The van der Waals surface area contributed by atoms with Gasteiger partial charge in [-0.25, -0.2) is 0 Å². The van der Waals surface area contributed by atoms with E-state index in [1.807, 2.05) is 48.8 Å². The number of likely N-dealkylation sites (N-methyl/N-ethyl adjacent to an activating group) is 1. The van der Waals surface area contributed by atoms with Gasteiger partial charge in [-0.3, -0.25) is 29.9 Å². The largest absolute Gasteiger partial charge is 0.396 e. The summed E-state index contributed by atoms with van der Waals surface area (Å²) in [6, 6.07) is 11.9. The Morgan fingerprint density at radius 3 is 0.989 bits per heavy atom. The number of allylic oxidation sites excluding steroid dienone is 1. The Labute approximate surface area is 540 Å². The molecule has 23 nitrogen and oxygen atoms in total. The molecule has 8 fully saturated rings. The molecule has 8 saturated heterocycles. The molecule has 0 saturated carbocycles. The smallest absolute Gasteiger partial charge is 0.171 e. The normalized spacial score (nSPS) is 19.4. The van der Waals surface area contributed by atoms with E-state index in [1.54, 1.807) is 62.0 Å². The third kappa shape index (κ3) is 19.7. The molecule has 0 aliphatic carbocycles. The molecular formula is C68H102N20O3. The first kappa shape index (κ1) is 67.3. The summed E-state index contributed by atoms with van der Waals surface area (Å²) in [6.07, 6.45) is 36.9. The molecule has 0 atom stereocenters. The number of nitrogen functional groups attached to an aromatic ring is 6. The zero-order valence-electron chi connectivity index (χ0n) is 54.0. The summed E-state index contributed by atoms with van der Waals surface area (Å²) in [4.78, 5) is 42.8. The van der Waals surface area contributed by atoms with Crippen molar-refractivity contribution in [3.8, 4) is 0 Å². The lowest BCUT2D eigenvalue weighted by Gasteiger charge is -2.41. The fraction of sp³-hybridized carbons (Fsp3) is 0.529. The zero-order chi connectivity index (χ0) is 63.6. The van der Waals surface area contributed by atoms with Crippen molar-refractivity contribution in [2.45, 2.75) is 89.3 Å². The molecule has 0 unspecified atom stereocenters. The maximum atomic E-state index is 6.04. The number of piperidine rings is 3. The number of aromatic nitrogens is 6. The highest BCUT2D eigenvalue weighted by Gasteiger charge is 2.40. The van der Waals surface area contributed by atoms with Crippen molar-refractivity contribution in [2.75, 3.05) is 202 Å². The van der Waals surface area contributed by atoms with Gasteiger partial charge < -0.3 is 87.8 Å². The van der Waals surface area contributed by atoms with Gasteiger partial charge in [-0.15, -0.1) is 0 Å². The van der Waals surface area contributed by atoms with Crippen LogP contribution in [0.1, 0.15) is 83.5 Å². The zero-order valence-corrected chi connectivity index (χ0v) is 54.0. The van der Waals surface area contributed by atoms with E-state index in [2.05, 4.69) is 82.7 Å². The summed E-state index contributed by atoms with van der Waals surface area (Å²) in [7, 11) is 2.19. The number of anilines is 12. The highest BCUT2D eigenvalue weighted by molar-refractivity contribution is 5.70. The van der Waals surface area contributed by atoms with Crippen LogP contribution in [-0.4, -0.2) is 184 Å². The number of nitrogens with two attached hydrogens (primary N) is 6. The predicted octanol–water partition coefficient (Wildman–Crippen LogP) is 8.11. The summed E-state index contributed by atoms with van der Waals surface area (Å²) in [6.45, 7) is 24.5. The number of piperazine rings is 1. The summed E-state index contributed by atoms with van der Waals surface area (Å²) in [5.41, 5.74) is 48.0. The molecular weight excluding hydrogens is 1140 g/mol. The van der Waals surface area contributed by atoms with E-state index in [9.17, 15) is 0 Å². The van der Waals surface area contributed by atoms with Crippen LogP contribution in [0, 0.1) is 5.92 Å². The second-order valence-electron chi connectivity index (χ2n) is 24.5. The maximum absolute atomic E-state index is 6.04. The Kier molecular flexibility index (Phi) is 25.8. The van der Waals surface area contributed by atoms with Crippen molar-refractivity contribution in [1.82, 2.24) is 39.7 Å². The van der Waals surface area contributed by atoms with Gasteiger partial charge in [0.1, 0.15) is 0 Å². The molecule has 0 amide bonds. The molecule has 8 aliphatic heterocycles. The fourth-order valence-electron chi connectivity index (χ4n) is 13.0. The van der Waals surface area contributed by atoms with Gasteiger partial charge >= 0.3 is 0 Å². The molecule has 0 bridgehead atoms. The highest BCUT2D eigenvalue weighted by atomic mass is 16.7. The van der Waals surface area contributed by atoms with Crippen LogP contribution in [-0.2, 0) is 14.2 Å². The topological polar surface area (TPSA) is 287 Å². The third-order valence-corrected chi connectivity index (χ3v) is 18.3. The van der Waals surface area contributed by atoms with Gasteiger partial charge in [0.15, 0.2) is 5.79 Å². The van der Waals surface area contributed by atoms with Crippen LogP contribution in [0.5, 0.6) is 0 Å². The number of rotatable bonds is 8. The van der Waals surface area contributed by atoms with Crippen LogP contribution in [0.2, 0.25) is 0 Å². The number of morpholine rings is 1. The minimum atomic E-state index is -0.321. The van der Waals surface area contributed by atoms with E-state index in [-0.39, 0.29) is 5.79 Å². The standard InChI is InChI=1S/C17H27N5.C12H17N3O2.C11H17N3.C10H15N3.C9H13N3O.C9H13N3/c1-14(21-11-9-20(2)10-12-21)15-4-7-22(8-5-15)17-3-6-19-13-16(17)18;13-10-9-14-4-1-11(10)15-5-2-12(3-6-15)16-7-8-17-12;12-10-9-13-6-5-11(10)14-7-3-1-2-4-8-14;11-9-8-12-5-4-10(9)13-6-2-1-3-7-13;10-8-7-11-2-1-9(8)12-3-5-13-6-4-12;10-8-7-11-4-3-9(8)12-5-1-2-6-12/h3,6,13,15H,1,4-5,7-12,18H2,2H3;1,4,9H,2-3,5-8,13H2;5-6,9H,1-4,7-8,12H2;4-5,8H,1-3,6-7,11H2;1-2,7H,3-6,10H2;3-4,7H,1-2,5-6,10H2. The van der Waals surface area contributed by atoms with Gasteiger partial charge in [-0.2, -0.15) is 0 Å². The first-order chi connectivity index (χ1) is 44.4. The molecule has 8 aliphatic rings. The first-order valence-corrected chi connectivity index (χ1v) is 33.1. The number of ether oxygens (including phenoxy) is 3. The van der Waals surface area contributed by atoms with Gasteiger partial charge in [0, 0.05) is 166 Å². The van der Waals surface area contributed by atoms with Crippen molar-refractivity contribution in [3.05, 3.63) is 123 Å². The van der Waals surface area contributed by atoms with E-state index in [1.165, 1.54) is 63.5 Å². The Balaban J connectivity index is 0.000000131. The van der Waals surface area contributed by atoms with Crippen LogP contribution in [0.4, 0.5) is 68.2 Å². The summed E-state index contributed by atoms with van der Waals surface area (Å²) in [5, 5.41) is 0. The average molecular weight is 1250 g/mol. The lowest BCUT2D eigenvalue weighted by molar-refractivity contribution is -0.169. The molecule has 12 N–H and O–H groups in total. The van der Waals surface area contributed by atoms with Crippen LogP contribution in [0.15, 0.2) is 123 Å². The molecule has 1 spiro atoms. The monoisotopic (exact) mass is 1250 g/mol. The molecule has 0 radical (unpaired) electrons. The van der Waals surface area contributed by atoms with Crippen LogP contribution in [0.3, 0.4) is 0 Å². The number of hydrogen-bond acceptors (Lipinski definition) is 23. The molecule has 6 aromatic heterocycles. The number of hydrogen-bond donors (Lipinski definition) is 6. The van der Waals surface area contributed by atoms with E-state index >= 15 is 0 Å². The predicted molar refractivity (Wildman–Crippen MR) is 372 cm³/mol. The molecule has 0 aromatic carbocycles. The van der Waals surface area contributed by atoms with Gasteiger partial charge in [-0.05, 0) is 101 Å². The lowest BCUT2D eigenvalue weighted by atomic mass is 9.92. The SMILES string of the molecule is C=C(C1CCN(c2ccncc2N)CC1)N1CCN(C)CC1.Nc1cnccc1N1CCC2(CC1)OCCO2.Nc1cnccc1N1CCCC1.Nc1cnccc1N1CCCCC1.Nc1cnccc1N1CCCCCC1.Nc1cnccc1N1CCOCC1. The molecule has 91 heavy (non-hydrogen) atoms. The van der Waals surface area contributed by atoms with Gasteiger partial charge in [-0.1, -0.05) is 19.4 Å². The van der Waals surface area contributed by atoms with Gasteiger partial charge in [0.2, 0.25) is 0 Å². The number of nitrogens with zero attached hydrogens (tertiary/aromatic N) is 14. The third-order valence-electron chi connectivity index (χ3n) is 18.3. The van der Waals surface area contributed by atoms with Crippen molar-refractivity contribution in [2.24, 2.45) is 5.92 Å². The van der Waals surface area contributed by atoms with Gasteiger partial charge in [0.05, 0.1) is 132 Å². The Morgan fingerprint density at radius 2 is 0.659 bits per heavy atom. The minimum absolute atomic E-state index is 0.321. The minimum Gasteiger partial charge on any atom is -0.396 e. The lowest BCUT2D eigenvalue weighted by Crippen LogP contribution is -2.46.